The van der Waals surface area contributed by atoms with Crippen molar-refractivity contribution in [3.8, 4) is 0 Å². The molecule has 2 nitrogen and oxygen atoms in total. The maximum atomic E-state index is 3.84. The average molecular weight is 313 g/mol. The van der Waals surface area contributed by atoms with E-state index in [1.165, 1.54) is 56.7 Å². The molecule has 0 amide bonds. The molecule has 1 saturated heterocycles. The van der Waals surface area contributed by atoms with E-state index in [1.54, 1.807) is 0 Å². The van der Waals surface area contributed by atoms with Crippen LogP contribution in [-0.2, 0) is 0 Å². The number of hydrogen-bond acceptors (Lipinski definition) is 3. The molecule has 124 valence electrons. The zero-order valence-corrected chi connectivity index (χ0v) is 15.4. The maximum Gasteiger partial charge on any atom is 0.0191 e. The second-order valence-corrected chi connectivity index (χ2v) is 8.74. The molecule has 2 rings (SSSR count). The number of hydrogen-bond donors (Lipinski definition) is 1. The quantitative estimate of drug-likeness (QED) is 0.768. The van der Waals surface area contributed by atoms with Gasteiger partial charge < -0.3 is 10.2 Å². The van der Waals surface area contributed by atoms with Crippen molar-refractivity contribution in [2.45, 2.75) is 65.0 Å². The van der Waals surface area contributed by atoms with Crippen molar-refractivity contribution >= 4 is 11.8 Å². The summed E-state index contributed by atoms with van der Waals surface area (Å²) in [7, 11) is 2.37. The summed E-state index contributed by atoms with van der Waals surface area (Å²) in [6.07, 6.45) is 6.91. The van der Waals surface area contributed by atoms with Crippen LogP contribution in [0.2, 0.25) is 0 Å². The number of nitrogens with one attached hydrogen (secondary N) is 1. The van der Waals surface area contributed by atoms with Gasteiger partial charge in [-0.3, -0.25) is 0 Å². The Morgan fingerprint density at radius 1 is 1.24 bits per heavy atom. The zero-order chi connectivity index (χ0) is 15.2. The van der Waals surface area contributed by atoms with Crippen molar-refractivity contribution in [1.82, 2.24) is 10.2 Å². The van der Waals surface area contributed by atoms with E-state index < -0.39 is 0 Å². The summed E-state index contributed by atoms with van der Waals surface area (Å²) in [5, 5.41) is 3.84. The number of nitrogens with zero attached hydrogens (tertiary/aromatic N) is 1. The first kappa shape index (κ1) is 17.6. The Hall–Kier alpha value is 0.270. The Morgan fingerprint density at radius 2 is 2.05 bits per heavy atom. The van der Waals surface area contributed by atoms with E-state index in [4.69, 9.17) is 0 Å². The van der Waals surface area contributed by atoms with Gasteiger partial charge in [0, 0.05) is 24.4 Å². The van der Waals surface area contributed by atoms with E-state index in [9.17, 15) is 0 Å². The van der Waals surface area contributed by atoms with Gasteiger partial charge in [0.05, 0.1) is 0 Å². The highest BCUT2D eigenvalue weighted by Gasteiger charge is 2.33. The van der Waals surface area contributed by atoms with Crippen LogP contribution in [0.25, 0.3) is 0 Å². The fraction of sp³-hybridized carbons (Fsp3) is 1.00. The van der Waals surface area contributed by atoms with Crippen molar-refractivity contribution in [1.29, 1.82) is 0 Å². The summed E-state index contributed by atoms with van der Waals surface area (Å²) in [6.45, 7) is 9.60. The van der Waals surface area contributed by atoms with Gasteiger partial charge in [-0.15, -0.1) is 0 Å². The van der Waals surface area contributed by atoms with Crippen LogP contribution in [0.1, 0.15) is 52.9 Å². The largest absolute Gasteiger partial charge is 0.314 e. The average Bonchev–Trinajstić information content (AvgIpc) is 3.00. The molecule has 0 aromatic rings. The molecule has 0 bridgehead atoms. The van der Waals surface area contributed by atoms with Crippen LogP contribution >= 0.6 is 11.8 Å². The van der Waals surface area contributed by atoms with Gasteiger partial charge in [0.2, 0.25) is 0 Å². The SMILES string of the molecule is CCCNC1CCC(C(C)C)CC1CN(C)C1CCSC1. The van der Waals surface area contributed by atoms with Crippen LogP contribution in [-0.4, -0.2) is 48.6 Å². The first-order valence-electron chi connectivity index (χ1n) is 9.13. The van der Waals surface area contributed by atoms with Crippen LogP contribution in [0, 0.1) is 17.8 Å². The fourth-order valence-corrected chi connectivity index (χ4v) is 5.39. The van der Waals surface area contributed by atoms with Crippen molar-refractivity contribution < 1.29 is 0 Å². The first-order valence-corrected chi connectivity index (χ1v) is 10.3. The van der Waals surface area contributed by atoms with Crippen molar-refractivity contribution in [2.24, 2.45) is 17.8 Å². The summed E-state index contributed by atoms with van der Waals surface area (Å²) in [6, 6.07) is 1.60. The Morgan fingerprint density at radius 3 is 2.67 bits per heavy atom. The third kappa shape index (κ3) is 5.14. The third-order valence-corrected chi connectivity index (χ3v) is 6.82. The number of thioether (sulfide) groups is 1. The highest BCUT2D eigenvalue weighted by atomic mass is 32.2. The Balaban J connectivity index is 1.91. The zero-order valence-electron chi connectivity index (χ0n) is 14.6. The Labute approximate surface area is 136 Å². The van der Waals surface area contributed by atoms with Gasteiger partial charge in [0.25, 0.3) is 0 Å². The third-order valence-electron chi connectivity index (χ3n) is 5.67. The summed E-state index contributed by atoms with van der Waals surface area (Å²) in [5.41, 5.74) is 0. The molecule has 21 heavy (non-hydrogen) atoms. The molecule has 0 radical (unpaired) electrons. The second kappa shape index (κ2) is 8.79. The Kier molecular flexibility index (Phi) is 7.37. The van der Waals surface area contributed by atoms with Gasteiger partial charge >= 0.3 is 0 Å². The lowest BCUT2D eigenvalue weighted by Gasteiger charge is -2.41. The predicted molar refractivity (Wildman–Crippen MR) is 96.1 cm³/mol. The van der Waals surface area contributed by atoms with E-state index in [0.29, 0.717) is 0 Å². The molecule has 2 fully saturated rings. The normalized spacial score (nSPS) is 34.0. The molecule has 1 heterocycles. The minimum absolute atomic E-state index is 0.761. The van der Waals surface area contributed by atoms with Crippen molar-refractivity contribution in [3.05, 3.63) is 0 Å². The van der Waals surface area contributed by atoms with Crippen LogP contribution < -0.4 is 5.32 Å². The molecule has 0 aromatic carbocycles. The van der Waals surface area contributed by atoms with Crippen molar-refractivity contribution in [3.63, 3.8) is 0 Å². The molecule has 2 aliphatic rings. The molecule has 4 atom stereocenters. The van der Waals surface area contributed by atoms with Crippen LogP contribution in [0.5, 0.6) is 0 Å². The van der Waals surface area contributed by atoms with Gasteiger partial charge in [-0.05, 0) is 69.2 Å². The van der Waals surface area contributed by atoms with E-state index in [1.807, 2.05) is 0 Å². The monoisotopic (exact) mass is 312 g/mol. The molecule has 0 aromatic heterocycles. The molecule has 0 spiro atoms. The molecule has 1 aliphatic heterocycles. The molecule has 1 saturated carbocycles. The van der Waals surface area contributed by atoms with Gasteiger partial charge in [0.1, 0.15) is 0 Å². The van der Waals surface area contributed by atoms with E-state index in [0.717, 1.165) is 29.8 Å². The predicted octanol–water partition coefficient (Wildman–Crippen LogP) is 3.86. The summed E-state index contributed by atoms with van der Waals surface area (Å²) < 4.78 is 0. The standard InChI is InChI=1S/C18H36N2S/c1-5-9-19-18-7-6-15(14(2)3)11-16(18)12-20(4)17-8-10-21-13-17/h14-19H,5-13H2,1-4H3. The maximum absolute atomic E-state index is 3.84. The lowest BCUT2D eigenvalue weighted by Crippen LogP contribution is -2.47. The van der Waals surface area contributed by atoms with Crippen LogP contribution in [0.4, 0.5) is 0 Å². The lowest BCUT2D eigenvalue weighted by molar-refractivity contribution is 0.118. The smallest absolute Gasteiger partial charge is 0.0191 e. The fourth-order valence-electron chi connectivity index (χ4n) is 4.09. The molecule has 4 unspecified atom stereocenters. The molecule has 1 N–H and O–H groups in total. The minimum atomic E-state index is 0.761. The molecular weight excluding hydrogens is 276 g/mol. The van der Waals surface area contributed by atoms with Gasteiger partial charge in [0.15, 0.2) is 0 Å². The lowest BCUT2D eigenvalue weighted by atomic mass is 9.73. The number of rotatable bonds is 7. The van der Waals surface area contributed by atoms with Gasteiger partial charge in [-0.1, -0.05) is 20.8 Å². The first-order chi connectivity index (χ1) is 10.1. The van der Waals surface area contributed by atoms with Gasteiger partial charge in [-0.25, -0.2) is 0 Å². The Bertz CT molecular complexity index is 289. The molecule has 1 aliphatic carbocycles. The minimum Gasteiger partial charge on any atom is -0.314 e. The van der Waals surface area contributed by atoms with E-state index >= 15 is 0 Å². The van der Waals surface area contributed by atoms with E-state index in [2.05, 4.69) is 49.8 Å². The summed E-state index contributed by atoms with van der Waals surface area (Å²) in [4.78, 5) is 2.67. The molecular formula is C18H36N2S. The van der Waals surface area contributed by atoms with Gasteiger partial charge in [-0.2, -0.15) is 11.8 Å². The highest BCUT2D eigenvalue weighted by Crippen LogP contribution is 2.35. The molecule has 3 heteroatoms. The van der Waals surface area contributed by atoms with Crippen LogP contribution in [0.15, 0.2) is 0 Å². The second-order valence-electron chi connectivity index (χ2n) is 7.59. The summed E-state index contributed by atoms with van der Waals surface area (Å²) in [5.74, 6) is 5.37. The topological polar surface area (TPSA) is 15.3 Å². The summed E-state index contributed by atoms with van der Waals surface area (Å²) >= 11 is 2.14. The highest BCUT2D eigenvalue weighted by molar-refractivity contribution is 7.99. The van der Waals surface area contributed by atoms with Crippen LogP contribution in [0.3, 0.4) is 0 Å². The van der Waals surface area contributed by atoms with E-state index in [-0.39, 0.29) is 0 Å². The van der Waals surface area contributed by atoms with Crippen molar-refractivity contribution in [2.75, 3.05) is 31.6 Å².